The minimum absolute atomic E-state index is 0.0154. The molecule has 0 aliphatic carbocycles. The van der Waals surface area contributed by atoms with Crippen molar-refractivity contribution in [1.29, 1.82) is 0 Å². The zero-order valence-electron chi connectivity index (χ0n) is 14.1. The number of rotatable bonds is 4. The standard InChI is InChI=1S/C18H17BrClF3N2O2/c19-13-5-6-14(20)15(17(13)26)16(25-9-7-24-8-10-25)11-1-3-12(4-2-11)27-18(21,22)23/h1-6,16,24,26H,7-10H2/t16-/m1/s1. The molecule has 0 unspecified atom stereocenters. The molecule has 0 radical (unpaired) electrons. The molecule has 1 saturated heterocycles. The van der Waals surface area contributed by atoms with Crippen LogP contribution in [0.25, 0.3) is 0 Å². The van der Waals surface area contributed by atoms with Gasteiger partial charge in [0.2, 0.25) is 0 Å². The van der Waals surface area contributed by atoms with E-state index < -0.39 is 12.4 Å². The van der Waals surface area contributed by atoms with Gasteiger partial charge in [0.25, 0.3) is 0 Å². The maximum Gasteiger partial charge on any atom is 0.573 e. The molecule has 2 aromatic carbocycles. The molecule has 0 spiro atoms. The fourth-order valence-electron chi connectivity index (χ4n) is 3.17. The first-order chi connectivity index (χ1) is 12.8. The van der Waals surface area contributed by atoms with Crippen LogP contribution < -0.4 is 10.1 Å². The largest absolute Gasteiger partial charge is 0.573 e. The molecule has 0 aromatic heterocycles. The summed E-state index contributed by atoms with van der Waals surface area (Å²) in [5.41, 5.74) is 1.22. The van der Waals surface area contributed by atoms with Crippen molar-refractivity contribution in [2.75, 3.05) is 26.2 Å². The number of aromatic hydroxyl groups is 1. The maximum absolute atomic E-state index is 12.4. The average molecular weight is 466 g/mol. The van der Waals surface area contributed by atoms with Gasteiger partial charge in [0.1, 0.15) is 11.5 Å². The van der Waals surface area contributed by atoms with Crippen molar-refractivity contribution >= 4 is 27.5 Å². The SMILES string of the molecule is Oc1c(Br)ccc(Cl)c1[C@@H](c1ccc(OC(F)(F)F)cc1)N1CCNCC1. The summed E-state index contributed by atoms with van der Waals surface area (Å²) in [5.74, 6) is -0.281. The first kappa shape index (κ1) is 20.3. The highest BCUT2D eigenvalue weighted by atomic mass is 79.9. The molecular formula is C18H17BrClF3N2O2. The number of piperazine rings is 1. The summed E-state index contributed by atoms with van der Waals surface area (Å²) >= 11 is 9.69. The zero-order chi connectivity index (χ0) is 19.6. The van der Waals surface area contributed by atoms with Crippen molar-refractivity contribution < 1.29 is 23.0 Å². The van der Waals surface area contributed by atoms with Gasteiger partial charge in [0, 0.05) is 36.8 Å². The molecule has 2 N–H and O–H groups in total. The molecule has 4 nitrogen and oxygen atoms in total. The normalized spacial score (nSPS) is 16.9. The molecule has 2 aromatic rings. The van der Waals surface area contributed by atoms with Crippen molar-refractivity contribution in [3.05, 3.63) is 57.0 Å². The van der Waals surface area contributed by atoms with E-state index >= 15 is 0 Å². The molecule has 27 heavy (non-hydrogen) atoms. The van der Waals surface area contributed by atoms with Crippen LogP contribution >= 0.6 is 27.5 Å². The summed E-state index contributed by atoms with van der Waals surface area (Å²) in [6.07, 6.45) is -4.74. The number of hydrogen-bond acceptors (Lipinski definition) is 4. The van der Waals surface area contributed by atoms with Gasteiger partial charge in [-0.15, -0.1) is 13.2 Å². The highest BCUT2D eigenvalue weighted by Gasteiger charge is 2.32. The van der Waals surface area contributed by atoms with Gasteiger partial charge in [0.15, 0.2) is 0 Å². The number of hydrogen-bond donors (Lipinski definition) is 2. The van der Waals surface area contributed by atoms with Crippen molar-refractivity contribution in [1.82, 2.24) is 10.2 Å². The number of nitrogens with zero attached hydrogens (tertiary/aromatic N) is 1. The summed E-state index contributed by atoms with van der Waals surface area (Å²) in [5, 5.41) is 14.2. The molecule has 1 atom stereocenters. The third-order valence-corrected chi connectivity index (χ3v) is 5.30. The summed E-state index contributed by atoms with van der Waals surface area (Å²) in [6.45, 7) is 2.93. The number of phenols is 1. The minimum atomic E-state index is -4.74. The number of halogens is 5. The van der Waals surface area contributed by atoms with Crippen LogP contribution in [0.4, 0.5) is 13.2 Å². The molecule has 3 rings (SSSR count). The predicted octanol–water partition coefficient (Wildman–Crippen LogP) is 4.70. The first-order valence-electron chi connectivity index (χ1n) is 8.23. The highest BCUT2D eigenvalue weighted by molar-refractivity contribution is 9.10. The van der Waals surface area contributed by atoms with E-state index in [1.165, 1.54) is 12.1 Å². The van der Waals surface area contributed by atoms with Crippen LogP contribution in [0.2, 0.25) is 5.02 Å². The van der Waals surface area contributed by atoms with E-state index in [1.54, 1.807) is 24.3 Å². The molecule has 1 fully saturated rings. The first-order valence-corrected chi connectivity index (χ1v) is 9.40. The van der Waals surface area contributed by atoms with Gasteiger partial charge < -0.3 is 15.2 Å². The van der Waals surface area contributed by atoms with Gasteiger partial charge in [-0.1, -0.05) is 23.7 Å². The van der Waals surface area contributed by atoms with Gasteiger partial charge in [-0.3, -0.25) is 4.90 Å². The van der Waals surface area contributed by atoms with Crippen LogP contribution in [0.1, 0.15) is 17.2 Å². The van der Waals surface area contributed by atoms with Crippen LogP contribution in [-0.2, 0) is 0 Å². The second-order valence-electron chi connectivity index (χ2n) is 6.10. The van der Waals surface area contributed by atoms with E-state index in [-0.39, 0.29) is 11.5 Å². The third-order valence-electron chi connectivity index (χ3n) is 4.33. The van der Waals surface area contributed by atoms with Gasteiger partial charge >= 0.3 is 6.36 Å². The monoisotopic (exact) mass is 464 g/mol. The molecule has 0 bridgehead atoms. The lowest BCUT2D eigenvalue weighted by molar-refractivity contribution is -0.274. The Morgan fingerprint density at radius 2 is 1.74 bits per heavy atom. The van der Waals surface area contributed by atoms with E-state index in [4.69, 9.17) is 11.6 Å². The quantitative estimate of drug-likeness (QED) is 0.687. The summed E-state index contributed by atoms with van der Waals surface area (Å²) in [6, 6.07) is 8.57. The van der Waals surface area contributed by atoms with E-state index in [0.29, 0.717) is 33.7 Å². The Bertz CT molecular complexity index is 796. The number of nitrogens with one attached hydrogen (secondary N) is 1. The van der Waals surface area contributed by atoms with Gasteiger partial charge in [-0.25, -0.2) is 0 Å². The number of benzene rings is 2. The Hall–Kier alpha value is -1.48. The van der Waals surface area contributed by atoms with Crippen molar-refractivity contribution in [3.63, 3.8) is 0 Å². The molecule has 1 aliphatic rings. The lowest BCUT2D eigenvalue weighted by Gasteiger charge is -2.36. The molecule has 1 heterocycles. The third kappa shape index (κ3) is 4.87. The Balaban J connectivity index is 2.02. The second-order valence-corrected chi connectivity index (χ2v) is 7.36. The van der Waals surface area contributed by atoms with E-state index in [2.05, 4.69) is 30.9 Å². The summed E-state index contributed by atoms with van der Waals surface area (Å²) in [7, 11) is 0. The lowest BCUT2D eigenvalue weighted by atomic mass is 9.95. The van der Waals surface area contributed by atoms with Crippen LogP contribution in [0, 0.1) is 0 Å². The van der Waals surface area contributed by atoms with E-state index in [1.807, 2.05) is 0 Å². The summed E-state index contributed by atoms with van der Waals surface area (Å²) < 4.78 is 41.7. The fraction of sp³-hybridized carbons (Fsp3) is 0.333. The van der Waals surface area contributed by atoms with Crippen molar-refractivity contribution in [2.45, 2.75) is 12.4 Å². The Kier molecular flexibility index (Phi) is 6.20. The van der Waals surface area contributed by atoms with Crippen LogP contribution in [0.5, 0.6) is 11.5 Å². The minimum Gasteiger partial charge on any atom is -0.506 e. The topological polar surface area (TPSA) is 44.7 Å². The summed E-state index contributed by atoms with van der Waals surface area (Å²) in [4.78, 5) is 2.13. The highest BCUT2D eigenvalue weighted by Crippen LogP contribution is 2.43. The van der Waals surface area contributed by atoms with E-state index in [0.717, 1.165) is 13.1 Å². The van der Waals surface area contributed by atoms with Crippen LogP contribution in [-0.4, -0.2) is 42.5 Å². The Labute approximate surface area is 168 Å². The zero-order valence-corrected chi connectivity index (χ0v) is 16.4. The van der Waals surface area contributed by atoms with E-state index in [9.17, 15) is 18.3 Å². The molecule has 146 valence electrons. The van der Waals surface area contributed by atoms with Gasteiger partial charge in [-0.05, 0) is 45.8 Å². The molecular weight excluding hydrogens is 449 g/mol. The van der Waals surface area contributed by atoms with Crippen LogP contribution in [0.3, 0.4) is 0 Å². The average Bonchev–Trinajstić information content (AvgIpc) is 2.62. The van der Waals surface area contributed by atoms with Gasteiger partial charge in [0.05, 0.1) is 10.5 Å². The lowest BCUT2D eigenvalue weighted by Crippen LogP contribution is -2.45. The number of alkyl halides is 3. The maximum atomic E-state index is 12.4. The smallest absolute Gasteiger partial charge is 0.506 e. The molecule has 0 amide bonds. The molecule has 1 aliphatic heterocycles. The second kappa shape index (κ2) is 8.26. The van der Waals surface area contributed by atoms with Crippen molar-refractivity contribution in [2.24, 2.45) is 0 Å². The fourth-order valence-corrected chi connectivity index (χ4v) is 3.77. The van der Waals surface area contributed by atoms with Gasteiger partial charge in [-0.2, -0.15) is 0 Å². The number of phenolic OH excluding ortho intramolecular Hbond substituents is 1. The molecule has 0 saturated carbocycles. The predicted molar refractivity (Wildman–Crippen MR) is 100 cm³/mol. The Morgan fingerprint density at radius 1 is 1.11 bits per heavy atom. The van der Waals surface area contributed by atoms with Crippen molar-refractivity contribution in [3.8, 4) is 11.5 Å². The van der Waals surface area contributed by atoms with Crippen LogP contribution in [0.15, 0.2) is 40.9 Å². The Morgan fingerprint density at radius 3 is 2.33 bits per heavy atom. The molecule has 9 heteroatoms. The number of ether oxygens (including phenoxy) is 1.